The summed E-state index contributed by atoms with van der Waals surface area (Å²) in [4.78, 5) is 27.0. The standard InChI is InChI=1S/C23H25ClN2O4S/c1-14-7-8-16(13-26-22(27)18-5-3-4-6-19(18)23(26)28)12-21(14)31(29,30)25-20-10-9-17(24)11-15(20)2/h7-12,18-19,25H,3-6,13H2,1-2H3/t18-,19-/m0/s1. The quantitative estimate of drug-likeness (QED) is 0.669. The van der Waals surface area contributed by atoms with E-state index in [1.54, 1.807) is 50.2 Å². The first-order valence-electron chi connectivity index (χ1n) is 10.4. The maximum atomic E-state index is 13.1. The summed E-state index contributed by atoms with van der Waals surface area (Å²) in [6.45, 7) is 3.58. The van der Waals surface area contributed by atoms with Gasteiger partial charge in [-0.05, 0) is 67.6 Å². The first-order valence-corrected chi connectivity index (χ1v) is 12.3. The highest BCUT2D eigenvalue weighted by Gasteiger charge is 2.47. The number of anilines is 1. The van der Waals surface area contributed by atoms with Crippen molar-refractivity contribution in [1.29, 1.82) is 0 Å². The number of nitrogens with one attached hydrogen (secondary N) is 1. The molecule has 1 aliphatic carbocycles. The van der Waals surface area contributed by atoms with Crippen molar-refractivity contribution in [3.63, 3.8) is 0 Å². The maximum Gasteiger partial charge on any atom is 0.262 e. The summed E-state index contributed by atoms with van der Waals surface area (Å²) in [5.74, 6) is -0.696. The van der Waals surface area contributed by atoms with Gasteiger partial charge in [0, 0.05) is 5.02 Å². The number of amides is 2. The largest absolute Gasteiger partial charge is 0.279 e. The Morgan fingerprint density at radius 3 is 2.23 bits per heavy atom. The fourth-order valence-corrected chi connectivity index (χ4v) is 6.20. The van der Waals surface area contributed by atoms with E-state index in [1.807, 2.05) is 0 Å². The smallest absolute Gasteiger partial charge is 0.262 e. The summed E-state index contributed by atoms with van der Waals surface area (Å²) in [6.07, 6.45) is 3.45. The Morgan fingerprint density at radius 2 is 1.61 bits per heavy atom. The third kappa shape index (κ3) is 4.21. The van der Waals surface area contributed by atoms with Crippen LogP contribution in [0.3, 0.4) is 0 Å². The van der Waals surface area contributed by atoms with Crippen molar-refractivity contribution in [2.75, 3.05) is 4.72 Å². The van der Waals surface area contributed by atoms with Crippen LogP contribution in [-0.4, -0.2) is 25.1 Å². The van der Waals surface area contributed by atoms with Crippen molar-refractivity contribution in [3.8, 4) is 0 Å². The molecule has 2 aromatic rings. The second-order valence-corrected chi connectivity index (χ2v) is 10.5. The molecule has 2 aliphatic rings. The second kappa shape index (κ2) is 8.28. The number of likely N-dealkylation sites (tertiary alicyclic amines) is 1. The normalized spacial score (nSPS) is 21.3. The van der Waals surface area contributed by atoms with Gasteiger partial charge in [-0.25, -0.2) is 8.42 Å². The summed E-state index contributed by atoms with van der Waals surface area (Å²) in [5, 5.41) is 0.527. The lowest BCUT2D eigenvalue weighted by Gasteiger charge is -2.19. The van der Waals surface area contributed by atoms with E-state index in [9.17, 15) is 18.0 Å². The summed E-state index contributed by atoms with van der Waals surface area (Å²) < 4.78 is 28.8. The molecule has 1 aliphatic heterocycles. The van der Waals surface area contributed by atoms with Crippen molar-refractivity contribution in [1.82, 2.24) is 4.90 Å². The molecule has 1 saturated carbocycles. The molecule has 164 valence electrons. The number of imide groups is 1. The summed E-state index contributed by atoms with van der Waals surface area (Å²) in [7, 11) is -3.86. The molecule has 1 saturated heterocycles. The molecule has 1 heterocycles. The van der Waals surface area contributed by atoms with E-state index < -0.39 is 10.0 Å². The van der Waals surface area contributed by atoms with Gasteiger partial charge in [0.2, 0.25) is 11.8 Å². The van der Waals surface area contributed by atoms with Gasteiger partial charge in [0.15, 0.2) is 0 Å². The highest BCUT2D eigenvalue weighted by molar-refractivity contribution is 7.92. The molecule has 4 rings (SSSR count). The molecule has 1 N–H and O–H groups in total. The average Bonchev–Trinajstić information content (AvgIpc) is 2.96. The zero-order valence-corrected chi connectivity index (χ0v) is 19.1. The first kappa shape index (κ1) is 21.8. The van der Waals surface area contributed by atoms with Crippen molar-refractivity contribution >= 4 is 39.1 Å². The lowest BCUT2D eigenvalue weighted by atomic mass is 9.81. The van der Waals surface area contributed by atoms with Gasteiger partial charge in [-0.2, -0.15) is 0 Å². The molecule has 2 atom stereocenters. The topological polar surface area (TPSA) is 83.6 Å². The van der Waals surface area contributed by atoms with E-state index in [0.29, 0.717) is 27.4 Å². The van der Waals surface area contributed by atoms with Gasteiger partial charge in [-0.3, -0.25) is 19.2 Å². The number of aryl methyl sites for hydroxylation is 2. The van der Waals surface area contributed by atoms with Crippen LogP contribution >= 0.6 is 11.6 Å². The van der Waals surface area contributed by atoms with Gasteiger partial charge in [0.1, 0.15) is 0 Å². The summed E-state index contributed by atoms with van der Waals surface area (Å²) in [5.41, 5.74) is 2.35. The molecule has 31 heavy (non-hydrogen) atoms. The van der Waals surface area contributed by atoms with Gasteiger partial charge in [0.25, 0.3) is 10.0 Å². The highest BCUT2D eigenvalue weighted by atomic mass is 35.5. The number of hydrogen-bond acceptors (Lipinski definition) is 4. The second-order valence-electron chi connectivity index (χ2n) is 8.42. The van der Waals surface area contributed by atoms with Crippen molar-refractivity contribution in [3.05, 3.63) is 58.1 Å². The van der Waals surface area contributed by atoms with Crippen LogP contribution in [0.1, 0.15) is 42.4 Å². The zero-order valence-electron chi connectivity index (χ0n) is 17.5. The van der Waals surface area contributed by atoms with E-state index in [1.165, 1.54) is 4.90 Å². The Balaban J connectivity index is 1.60. The number of sulfonamides is 1. The number of fused-ring (bicyclic) bond motifs is 1. The fourth-order valence-electron chi connectivity index (χ4n) is 4.54. The third-order valence-electron chi connectivity index (χ3n) is 6.25. The van der Waals surface area contributed by atoms with Crippen LogP contribution < -0.4 is 4.72 Å². The number of hydrogen-bond donors (Lipinski definition) is 1. The minimum absolute atomic E-state index is 0.0907. The van der Waals surface area contributed by atoms with Crippen LogP contribution in [0.2, 0.25) is 5.02 Å². The van der Waals surface area contributed by atoms with E-state index in [4.69, 9.17) is 11.6 Å². The molecule has 2 aromatic carbocycles. The van der Waals surface area contributed by atoms with E-state index in [2.05, 4.69) is 4.72 Å². The van der Waals surface area contributed by atoms with Gasteiger partial charge in [-0.1, -0.05) is 36.6 Å². The predicted molar refractivity (Wildman–Crippen MR) is 119 cm³/mol. The Bertz CT molecular complexity index is 1140. The highest BCUT2D eigenvalue weighted by Crippen LogP contribution is 2.38. The number of rotatable bonds is 5. The summed E-state index contributed by atoms with van der Waals surface area (Å²) in [6, 6.07) is 9.96. The lowest BCUT2D eigenvalue weighted by Crippen LogP contribution is -2.30. The van der Waals surface area contributed by atoms with Gasteiger partial charge < -0.3 is 0 Å². The Hall–Kier alpha value is -2.38. The number of carbonyl (C=O) groups excluding carboxylic acids is 2. The van der Waals surface area contributed by atoms with Crippen LogP contribution in [0.25, 0.3) is 0 Å². The summed E-state index contributed by atoms with van der Waals surface area (Å²) >= 11 is 5.96. The monoisotopic (exact) mass is 460 g/mol. The van der Waals surface area contributed by atoms with Crippen molar-refractivity contribution in [2.24, 2.45) is 11.8 Å². The molecule has 0 aromatic heterocycles. The lowest BCUT2D eigenvalue weighted by molar-refractivity contribution is -0.140. The molecule has 0 unspecified atom stereocenters. The molecule has 2 amide bonds. The van der Waals surface area contributed by atoms with Crippen LogP contribution in [0.4, 0.5) is 5.69 Å². The minimum Gasteiger partial charge on any atom is -0.279 e. The third-order valence-corrected chi connectivity index (χ3v) is 7.99. The van der Waals surface area contributed by atoms with Crippen LogP contribution in [0.15, 0.2) is 41.3 Å². The maximum absolute atomic E-state index is 13.1. The molecule has 6 nitrogen and oxygen atoms in total. The number of benzene rings is 2. The van der Waals surface area contributed by atoms with Crippen LogP contribution in [-0.2, 0) is 26.2 Å². The zero-order chi connectivity index (χ0) is 22.3. The Labute approximate surface area is 187 Å². The fraction of sp³-hybridized carbons (Fsp3) is 0.391. The predicted octanol–water partition coefficient (Wildman–Crippen LogP) is 4.43. The average molecular weight is 461 g/mol. The van der Waals surface area contributed by atoms with Crippen LogP contribution in [0.5, 0.6) is 0 Å². The molecule has 8 heteroatoms. The molecular formula is C23H25ClN2O4S. The molecule has 0 bridgehead atoms. The molecule has 2 fully saturated rings. The molecule has 0 spiro atoms. The number of halogens is 1. The molecular weight excluding hydrogens is 436 g/mol. The van der Waals surface area contributed by atoms with Crippen molar-refractivity contribution in [2.45, 2.75) is 51.0 Å². The number of nitrogens with zero attached hydrogens (tertiary/aromatic N) is 1. The van der Waals surface area contributed by atoms with E-state index in [0.717, 1.165) is 25.7 Å². The Kier molecular flexibility index (Phi) is 5.83. The number of carbonyl (C=O) groups is 2. The minimum atomic E-state index is -3.86. The van der Waals surface area contributed by atoms with E-state index in [-0.39, 0.29) is 35.1 Å². The Morgan fingerprint density at radius 1 is 0.968 bits per heavy atom. The van der Waals surface area contributed by atoms with Crippen LogP contribution in [0, 0.1) is 25.7 Å². The van der Waals surface area contributed by atoms with Gasteiger partial charge >= 0.3 is 0 Å². The van der Waals surface area contributed by atoms with Gasteiger partial charge in [-0.15, -0.1) is 0 Å². The first-order chi connectivity index (χ1) is 14.7. The van der Waals surface area contributed by atoms with Crippen molar-refractivity contribution < 1.29 is 18.0 Å². The SMILES string of the molecule is Cc1cc(Cl)ccc1NS(=O)(=O)c1cc(CN2C(=O)[C@H]3CCCC[C@@H]3C2=O)ccc1C. The molecule has 0 radical (unpaired) electrons. The van der Waals surface area contributed by atoms with Gasteiger partial charge in [0.05, 0.1) is 29.0 Å². The van der Waals surface area contributed by atoms with E-state index >= 15 is 0 Å².